The minimum absolute atomic E-state index is 0.321. The van der Waals surface area contributed by atoms with Gasteiger partial charge in [0.1, 0.15) is 0 Å². The lowest BCUT2D eigenvalue weighted by Crippen LogP contribution is -2.19. The standard InChI is InChI=1S/C14H17ClN2/c1-11(12-5-7-13(15)8-6-12)16-10-14-4-3-9-17(14)2/h3-9,11,16H,10H2,1-2H3/t11-/m1/s1. The van der Waals surface area contributed by atoms with Crippen molar-refractivity contribution in [2.45, 2.75) is 19.5 Å². The Balaban J connectivity index is 1.95. The Labute approximate surface area is 107 Å². The van der Waals surface area contributed by atoms with E-state index in [1.54, 1.807) is 0 Å². The summed E-state index contributed by atoms with van der Waals surface area (Å²) < 4.78 is 2.13. The van der Waals surface area contributed by atoms with Crippen LogP contribution < -0.4 is 5.32 Å². The molecule has 1 N–H and O–H groups in total. The Bertz CT molecular complexity index is 473. The van der Waals surface area contributed by atoms with Gasteiger partial charge in [0.05, 0.1) is 0 Å². The summed E-state index contributed by atoms with van der Waals surface area (Å²) in [4.78, 5) is 0. The zero-order valence-corrected chi connectivity index (χ0v) is 10.9. The highest BCUT2D eigenvalue weighted by Crippen LogP contribution is 2.16. The lowest BCUT2D eigenvalue weighted by molar-refractivity contribution is 0.558. The number of halogens is 1. The second-order valence-corrected chi connectivity index (χ2v) is 4.70. The topological polar surface area (TPSA) is 17.0 Å². The van der Waals surface area contributed by atoms with E-state index in [1.807, 2.05) is 12.1 Å². The van der Waals surface area contributed by atoms with Gasteiger partial charge in [-0.15, -0.1) is 0 Å². The van der Waals surface area contributed by atoms with Crippen LogP contribution in [0.4, 0.5) is 0 Å². The molecule has 0 aliphatic rings. The highest BCUT2D eigenvalue weighted by Gasteiger charge is 2.05. The first kappa shape index (κ1) is 12.2. The van der Waals surface area contributed by atoms with E-state index >= 15 is 0 Å². The fourth-order valence-corrected chi connectivity index (χ4v) is 1.93. The minimum Gasteiger partial charge on any atom is -0.353 e. The van der Waals surface area contributed by atoms with Crippen molar-refractivity contribution < 1.29 is 0 Å². The van der Waals surface area contributed by atoms with E-state index in [4.69, 9.17) is 11.6 Å². The molecule has 90 valence electrons. The summed E-state index contributed by atoms with van der Waals surface area (Å²) in [5.74, 6) is 0. The molecule has 1 heterocycles. The van der Waals surface area contributed by atoms with E-state index in [9.17, 15) is 0 Å². The number of hydrogen-bond acceptors (Lipinski definition) is 1. The highest BCUT2D eigenvalue weighted by atomic mass is 35.5. The zero-order chi connectivity index (χ0) is 12.3. The van der Waals surface area contributed by atoms with Crippen LogP contribution in [0, 0.1) is 0 Å². The maximum absolute atomic E-state index is 5.87. The Morgan fingerprint density at radius 2 is 1.94 bits per heavy atom. The van der Waals surface area contributed by atoms with Crippen molar-refractivity contribution in [2.24, 2.45) is 7.05 Å². The Morgan fingerprint density at radius 1 is 1.24 bits per heavy atom. The van der Waals surface area contributed by atoms with Crippen molar-refractivity contribution in [3.63, 3.8) is 0 Å². The summed E-state index contributed by atoms with van der Waals surface area (Å²) in [5, 5.41) is 4.28. The summed E-state index contributed by atoms with van der Waals surface area (Å²) in [6.45, 7) is 3.03. The number of hydrogen-bond donors (Lipinski definition) is 1. The van der Waals surface area contributed by atoms with Crippen LogP contribution in [0.3, 0.4) is 0 Å². The van der Waals surface area contributed by atoms with E-state index in [-0.39, 0.29) is 0 Å². The van der Waals surface area contributed by atoms with Gasteiger partial charge in [-0.05, 0) is 36.8 Å². The van der Waals surface area contributed by atoms with E-state index in [0.29, 0.717) is 6.04 Å². The predicted octanol–water partition coefficient (Wildman–Crippen LogP) is 3.53. The zero-order valence-electron chi connectivity index (χ0n) is 10.2. The molecule has 1 aromatic carbocycles. The van der Waals surface area contributed by atoms with Gasteiger partial charge in [-0.25, -0.2) is 0 Å². The van der Waals surface area contributed by atoms with Gasteiger partial charge < -0.3 is 9.88 Å². The maximum Gasteiger partial charge on any atom is 0.0406 e. The van der Waals surface area contributed by atoms with E-state index < -0.39 is 0 Å². The van der Waals surface area contributed by atoms with Crippen LogP contribution in [0.25, 0.3) is 0 Å². The average molecular weight is 249 g/mol. The molecule has 0 saturated carbocycles. The van der Waals surface area contributed by atoms with E-state index in [2.05, 4.69) is 54.3 Å². The summed E-state index contributed by atoms with van der Waals surface area (Å²) in [7, 11) is 2.06. The van der Waals surface area contributed by atoms with Crippen LogP contribution in [-0.4, -0.2) is 4.57 Å². The molecule has 0 radical (unpaired) electrons. The maximum atomic E-state index is 5.87. The summed E-state index contributed by atoms with van der Waals surface area (Å²) >= 11 is 5.87. The fraction of sp³-hybridized carbons (Fsp3) is 0.286. The smallest absolute Gasteiger partial charge is 0.0406 e. The van der Waals surface area contributed by atoms with Gasteiger partial charge in [-0.1, -0.05) is 23.7 Å². The quantitative estimate of drug-likeness (QED) is 0.876. The first-order valence-electron chi connectivity index (χ1n) is 5.76. The first-order valence-corrected chi connectivity index (χ1v) is 6.13. The van der Waals surface area contributed by atoms with Gasteiger partial charge in [0.25, 0.3) is 0 Å². The molecule has 0 bridgehead atoms. The lowest BCUT2D eigenvalue weighted by atomic mass is 10.1. The largest absolute Gasteiger partial charge is 0.353 e. The van der Waals surface area contributed by atoms with Crippen LogP contribution in [0.2, 0.25) is 5.02 Å². The number of benzene rings is 1. The molecule has 2 aromatic rings. The van der Waals surface area contributed by atoms with E-state index in [0.717, 1.165) is 11.6 Å². The Morgan fingerprint density at radius 3 is 2.53 bits per heavy atom. The summed E-state index contributed by atoms with van der Waals surface area (Å²) in [5.41, 5.74) is 2.54. The third-order valence-corrected chi connectivity index (χ3v) is 3.26. The molecule has 0 spiro atoms. The van der Waals surface area contributed by atoms with Gasteiger partial charge >= 0.3 is 0 Å². The van der Waals surface area contributed by atoms with Crippen LogP contribution >= 0.6 is 11.6 Å². The molecule has 0 amide bonds. The molecule has 1 aromatic heterocycles. The molecule has 0 aliphatic carbocycles. The lowest BCUT2D eigenvalue weighted by Gasteiger charge is -2.14. The molecule has 2 nitrogen and oxygen atoms in total. The van der Waals surface area contributed by atoms with Crippen molar-refractivity contribution >= 4 is 11.6 Å². The molecule has 3 heteroatoms. The molecule has 0 saturated heterocycles. The normalized spacial score (nSPS) is 12.6. The third kappa shape index (κ3) is 3.11. The van der Waals surface area contributed by atoms with Crippen molar-refractivity contribution in [1.29, 1.82) is 0 Å². The highest BCUT2D eigenvalue weighted by molar-refractivity contribution is 6.30. The summed E-state index contributed by atoms with van der Waals surface area (Å²) in [6.07, 6.45) is 2.06. The number of nitrogens with zero attached hydrogens (tertiary/aromatic N) is 1. The second-order valence-electron chi connectivity index (χ2n) is 4.26. The van der Waals surface area contributed by atoms with Crippen molar-refractivity contribution in [2.75, 3.05) is 0 Å². The molecule has 2 rings (SSSR count). The molecule has 0 fully saturated rings. The minimum atomic E-state index is 0.321. The van der Waals surface area contributed by atoms with Crippen molar-refractivity contribution in [3.05, 3.63) is 58.9 Å². The Hall–Kier alpha value is -1.25. The number of nitrogens with one attached hydrogen (secondary N) is 1. The molecular weight excluding hydrogens is 232 g/mol. The van der Waals surface area contributed by atoms with Gasteiger partial charge in [-0.3, -0.25) is 0 Å². The third-order valence-electron chi connectivity index (χ3n) is 3.01. The van der Waals surface area contributed by atoms with E-state index in [1.165, 1.54) is 11.3 Å². The van der Waals surface area contributed by atoms with Crippen molar-refractivity contribution in [3.8, 4) is 0 Å². The van der Waals surface area contributed by atoms with Crippen LogP contribution in [0.15, 0.2) is 42.6 Å². The van der Waals surface area contributed by atoms with Gasteiger partial charge in [0.15, 0.2) is 0 Å². The molecule has 1 atom stereocenters. The van der Waals surface area contributed by atoms with Crippen LogP contribution in [-0.2, 0) is 13.6 Å². The molecule has 0 unspecified atom stereocenters. The van der Waals surface area contributed by atoms with Crippen LogP contribution in [0.1, 0.15) is 24.2 Å². The van der Waals surface area contributed by atoms with Crippen molar-refractivity contribution in [1.82, 2.24) is 9.88 Å². The summed E-state index contributed by atoms with van der Waals surface area (Å²) in [6, 6.07) is 12.5. The number of aromatic nitrogens is 1. The van der Waals surface area contributed by atoms with Gasteiger partial charge in [0, 0.05) is 36.5 Å². The molecule has 17 heavy (non-hydrogen) atoms. The molecular formula is C14H17ClN2. The SMILES string of the molecule is C[C@@H](NCc1cccn1C)c1ccc(Cl)cc1. The second kappa shape index (κ2) is 5.39. The average Bonchev–Trinajstić information content (AvgIpc) is 2.73. The van der Waals surface area contributed by atoms with Crippen LogP contribution in [0.5, 0.6) is 0 Å². The monoisotopic (exact) mass is 248 g/mol. The number of aryl methyl sites for hydroxylation is 1. The number of rotatable bonds is 4. The Kier molecular flexibility index (Phi) is 3.87. The first-order chi connectivity index (χ1) is 8.16. The molecule has 0 aliphatic heterocycles. The van der Waals surface area contributed by atoms with Gasteiger partial charge in [0.2, 0.25) is 0 Å². The van der Waals surface area contributed by atoms with Gasteiger partial charge in [-0.2, -0.15) is 0 Å². The fourth-order valence-electron chi connectivity index (χ4n) is 1.81. The predicted molar refractivity (Wildman–Crippen MR) is 72.1 cm³/mol.